The number of carbonyl (C=O) groups is 2. The number of rotatable bonds is 4. The van der Waals surface area contributed by atoms with Crippen LogP contribution in [0.1, 0.15) is 19.8 Å². The Morgan fingerprint density at radius 1 is 1.65 bits per heavy atom. The van der Waals surface area contributed by atoms with Crippen LogP contribution in [-0.4, -0.2) is 35.0 Å². The van der Waals surface area contributed by atoms with E-state index in [1.807, 2.05) is 6.92 Å². The Balaban J connectivity index is 0.00000144. The van der Waals surface area contributed by atoms with Crippen molar-refractivity contribution in [2.24, 2.45) is 11.7 Å². The third-order valence-electron chi connectivity index (χ3n) is 3.30. The third kappa shape index (κ3) is 3.26. The summed E-state index contributed by atoms with van der Waals surface area (Å²) in [5.41, 5.74) is 5.40. The second-order valence-electron chi connectivity index (χ2n) is 4.68. The van der Waals surface area contributed by atoms with Crippen LogP contribution >= 0.6 is 24.2 Å². The molecule has 2 atom stereocenters. The molecule has 0 aromatic carbocycles. The van der Waals surface area contributed by atoms with E-state index in [0.29, 0.717) is 18.2 Å². The maximum Gasteiger partial charge on any atom is 0.279 e. The summed E-state index contributed by atoms with van der Waals surface area (Å²) in [6, 6.07) is -0.401. The Labute approximate surface area is 111 Å². The van der Waals surface area contributed by atoms with Crippen molar-refractivity contribution in [3.8, 4) is 0 Å². The quantitative estimate of drug-likeness (QED) is 0.699. The first kappa shape index (κ1) is 14.6. The van der Waals surface area contributed by atoms with Gasteiger partial charge in [0.1, 0.15) is 6.04 Å². The van der Waals surface area contributed by atoms with Gasteiger partial charge >= 0.3 is 0 Å². The molecule has 2 amide bonds. The number of nitrogens with two attached hydrogens (primary N) is 1. The van der Waals surface area contributed by atoms with Crippen molar-refractivity contribution in [1.29, 1.82) is 0 Å². The van der Waals surface area contributed by atoms with Gasteiger partial charge in [-0.3, -0.25) is 9.59 Å². The van der Waals surface area contributed by atoms with Gasteiger partial charge in [0, 0.05) is 12.3 Å². The van der Waals surface area contributed by atoms with Crippen molar-refractivity contribution >= 4 is 35.3 Å². The molecule has 2 aliphatic rings. The molecule has 2 rings (SSSR count). The van der Waals surface area contributed by atoms with Crippen molar-refractivity contribution in [2.45, 2.75) is 31.3 Å². The Morgan fingerprint density at radius 3 is 2.71 bits per heavy atom. The number of hydrogen-bond donors (Lipinski definition) is 3. The lowest BCUT2D eigenvalue weighted by atomic mass is 9.95. The normalized spacial score (nSPS) is 26.7. The molecule has 0 aromatic heterocycles. The molecule has 1 heterocycles. The van der Waals surface area contributed by atoms with Crippen LogP contribution in [0.4, 0.5) is 4.79 Å². The molecular formula is C10H18ClN3O2S. The summed E-state index contributed by atoms with van der Waals surface area (Å²) in [6.07, 6.45) is 2.25. The van der Waals surface area contributed by atoms with E-state index in [9.17, 15) is 9.59 Å². The van der Waals surface area contributed by atoms with Crippen LogP contribution in [0.15, 0.2) is 0 Å². The number of hydrogen-bond acceptors (Lipinski definition) is 4. The number of carbonyl (C=O) groups excluding carboxylic acids is 2. The topological polar surface area (TPSA) is 84.2 Å². The molecule has 0 spiro atoms. The summed E-state index contributed by atoms with van der Waals surface area (Å²) >= 11 is 1.15. The average molecular weight is 280 g/mol. The fraction of sp³-hybridized carbons (Fsp3) is 0.800. The lowest BCUT2D eigenvalue weighted by Gasteiger charge is -2.30. The van der Waals surface area contributed by atoms with Crippen molar-refractivity contribution in [1.82, 2.24) is 10.6 Å². The van der Waals surface area contributed by atoms with Crippen molar-refractivity contribution < 1.29 is 9.59 Å². The molecular weight excluding hydrogens is 262 g/mol. The molecule has 0 bridgehead atoms. The zero-order valence-electron chi connectivity index (χ0n) is 9.69. The first-order chi connectivity index (χ1) is 7.55. The van der Waals surface area contributed by atoms with Gasteiger partial charge in [-0.05, 0) is 25.7 Å². The molecule has 17 heavy (non-hydrogen) atoms. The van der Waals surface area contributed by atoms with E-state index in [-0.39, 0.29) is 29.1 Å². The Kier molecular flexibility index (Phi) is 4.69. The molecule has 98 valence electrons. The highest BCUT2D eigenvalue weighted by Gasteiger charge is 2.43. The molecule has 1 unspecified atom stereocenters. The van der Waals surface area contributed by atoms with Crippen LogP contribution in [0.2, 0.25) is 0 Å². The summed E-state index contributed by atoms with van der Waals surface area (Å²) in [7, 11) is 0. The van der Waals surface area contributed by atoms with E-state index in [2.05, 4.69) is 10.6 Å². The van der Waals surface area contributed by atoms with Crippen LogP contribution < -0.4 is 16.4 Å². The van der Waals surface area contributed by atoms with Gasteiger partial charge in [-0.25, -0.2) is 0 Å². The van der Waals surface area contributed by atoms with E-state index in [0.717, 1.165) is 24.6 Å². The molecule has 4 N–H and O–H groups in total. The van der Waals surface area contributed by atoms with Gasteiger partial charge in [0.2, 0.25) is 5.91 Å². The monoisotopic (exact) mass is 279 g/mol. The minimum Gasteiger partial charge on any atom is -0.348 e. The predicted octanol–water partition coefficient (Wildman–Crippen LogP) is 0.477. The lowest BCUT2D eigenvalue weighted by Crippen LogP contribution is -2.57. The highest BCUT2D eigenvalue weighted by molar-refractivity contribution is 8.14. The number of nitrogens with one attached hydrogen (secondary N) is 2. The molecule has 2 fully saturated rings. The molecule has 1 saturated carbocycles. The highest BCUT2D eigenvalue weighted by Crippen LogP contribution is 2.39. The van der Waals surface area contributed by atoms with Gasteiger partial charge in [-0.1, -0.05) is 11.8 Å². The van der Waals surface area contributed by atoms with E-state index in [1.54, 1.807) is 0 Å². The van der Waals surface area contributed by atoms with Crippen molar-refractivity contribution in [3.63, 3.8) is 0 Å². The lowest BCUT2D eigenvalue weighted by molar-refractivity contribution is -0.124. The third-order valence-corrected chi connectivity index (χ3v) is 4.18. The molecule has 0 radical (unpaired) electrons. The van der Waals surface area contributed by atoms with Crippen molar-refractivity contribution in [3.05, 3.63) is 0 Å². The molecule has 0 aromatic rings. The second kappa shape index (κ2) is 5.46. The van der Waals surface area contributed by atoms with Gasteiger partial charge in [0.15, 0.2) is 0 Å². The van der Waals surface area contributed by atoms with Gasteiger partial charge in [0.25, 0.3) is 5.24 Å². The molecule has 7 heteroatoms. The number of thioether (sulfide) groups is 1. The van der Waals surface area contributed by atoms with E-state index in [1.165, 1.54) is 0 Å². The van der Waals surface area contributed by atoms with E-state index >= 15 is 0 Å². The standard InChI is InChI=1S/C10H17N3O2S.ClH/c1-10(5-11,6-2-3-6)13-8(14)7-4-16-9(15)12-7;/h6-7H,2-5,11H2,1H3,(H,12,15)(H,13,14);1H/t7-,10?;/m0./s1. The predicted molar refractivity (Wildman–Crippen MR) is 70.4 cm³/mol. The summed E-state index contributed by atoms with van der Waals surface area (Å²) < 4.78 is 0. The van der Waals surface area contributed by atoms with E-state index < -0.39 is 6.04 Å². The Morgan fingerprint density at radius 2 is 2.29 bits per heavy atom. The maximum absolute atomic E-state index is 11.9. The molecule has 1 aliphatic heterocycles. The van der Waals surface area contributed by atoms with Crippen molar-refractivity contribution in [2.75, 3.05) is 12.3 Å². The molecule has 5 nitrogen and oxygen atoms in total. The summed E-state index contributed by atoms with van der Waals surface area (Å²) in [5.74, 6) is 0.889. The zero-order chi connectivity index (χ0) is 11.8. The van der Waals surface area contributed by atoms with E-state index in [4.69, 9.17) is 5.73 Å². The first-order valence-electron chi connectivity index (χ1n) is 5.50. The fourth-order valence-corrected chi connectivity index (χ4v) is 2.71. The summed E-state index contributed by atoms with van der Waals surface area (Å²) in [4.78, 5) is 22.9. The number of amides is 2. The van der Waals surface area contributed by atoms with Gasteiger partial charge in [-0.15, -0.1) is 12.4 Å². The zero-order valence-corrected chi connectivity index (χ0v) is 11.3. The SMILES string of the molecule is CC(CN)(NC(=O)[C@@H]1CSC(=O)N1)C1CC1.Cl. The van der Waals surface area contributed by atoms with Crippen LogP contribution in [0.5, 0.6) is 0 Å². The fourth-order valence-electron chi connectivity index (χ4n) is 1.93. The van der Waals surface area contributed by atoms with Crippen LogP contribution in [0.3, 0.4) is 0 Å². The summed E-state index contributed by atoms with van der Waals surface area (Å²) in [5, 5.41) is 5.48. The average Bonchev–Trinajstić information content (AvgIpc) is 3.02. The maximum atomic E-state index is 11.9. The smallest absolute Gasteiger partial charge is 0.279 e. The van der Waals surface area contributed by atoms with Crippen LogP contribution in [-0.2, 0) is 4.79 Å². The summed E-state index contributed by atoms with van der Waals surface area (Å²) in [6.45, 7) is 2.42. The Bertz CT molecular complexity index is 325. The Hall–Kier alpha value is -0.460. The van der Waals surface area contributed by atoms with Crippen LogP contribution in [0, 0.1) is 5.92 Å². The number of halogens is 1. The second-order valence-corrected chi connectivity index (χ2v) is 5.67. The van der Waals surface area contributed by atoms with Gasteiger partial charge < -0.3 is 16.4 Å². The molecule has 1 saturated heterocycles. The van der Waals surface area contributed by atoms with Crippen LogP contribution in [0.25, 0.3) is 0 Å². The molecule has 1 aliphatic carbocycles. The highest BCUT2D eigenvalue weighted by atomic mass is 35.5. The van der Waals surface area contributed by atoms with Gasteiger partial charge in [0.05, 0.1) is 5.54 Å². The largest absolute Gasteiger partial charge is 0.348 e. The minimum atomic E-state index is -0.401. The minimum absolute atomic E-state index is 0. The first-order valence-corrected chi connectivity index (χ1v) is 6.49. The van der Waals surface area contributed by atoms with Gasteiger partial charge in [-0.2, -0.15) is 0 Å².